The van der Waals surface area contributed by atoms with E-state index in [1.54, 1.807) is 12.1 Å². The predicted molar refractivity (Wildman–Crippen MR) is 61.4 cm³/mol. The number of nitrogens with zero attached hydrogens (tertiary/aromatic N) is 4. The number of hydrogen-bond donors (Lipinski definition) is 2. The summed E-state index contributed by atoms with van der Waals surface area (Å²) >= 11 is 5.65. The van der Waals surface area contributed by atoms with E-state index in [0.717, 1.165) is 5.56 Å². The van der Waals surface area contributed by atoms with Gasteiger partial charge in [0.2, 0.25) is 5.88 Å². The summed E-state index contributed by atoms with van der Waals surface area (Å²) in [6, 6.07) is 3.33. The Labute approximate surface area is 105 Å². The van der Waals surface area contributed by atoms with E-state index in [0.29, 0.717) is 5.15 Å². The lowest BCUT2D eigenvalue weighted by molar-refractivity contribution is -0.491. The maximum absolute atomic E-state index is 10.3. The number of hydrogen-bond acceptors (Lipinski definition) is 4. The number of H-pyrrole nitrogens is 1. The third-order valence-corrected chi connectivity index (χ3v) is 2.33. The Bertz CT molecular complexity index is 630. The molecule has 9 heteroatoms. The highest BCUT2D eigenvalue weighted by molar-refractivity contribution is 6.29. The number of aromatic hydroxyl groups is 1. The van der Waals surface area contributed by atoms with Gasteiger partial charge in [0.25, 0.3) is 5.62 Å². The Balaban J connectivity index is 2.34. The van der Waals surface area contributed by atoms with Gasteiger partial charge in [-0.2, -0.15) is 0 Å². The molecule has 2 rings (SSSR count). The molecule has 0 unspecified atom stereocenters. The lowest BCUT2D eigenvalue weighted by Gasteiger charge is -2.01. The largest absolute Gasteiger partial charge is 0.493 e. The van der Waals surface area contributed by atoms with Crippen LogP contribution in [0.2, 0.25) is 5.15 Å². The molecule has 0 fully saturated rings. The highest BCUT2D eigenvalue weighted by atomic mass is 35.5. The number of aromatic nitrogens is 3. The molecule has 0 saturated carbocycles. The molecule has 94 valence electrons. The molecule has 2 heterocycles. The van der Waals surface area contributed by atoms with E-state index in [4.69, 9.17) is 11.6 Å². The van der Waals surface area contributed by atoms with Crippen LogP contribution in [0.4, 0.5) is 0 Å². The minimum atomic E-state index is -0.845. The van der Waals surface area contributed by atoms with E-state index in [-0.39, 0.29) is 18.0 Å². The van der Waals surface area contributed by atoms with Crippen LogP contribution in [-0.2, 0) is 6.54 Å². The Morgan fingerprint density at radius 1 is 1.61 bits per heavy atom. The molecule has 0 saturated heterocycles. The molecule has 0 radical (unpaired) electrons. The molecule has 0 atom stereocenters. The van der Waals surface area contributed by atoms with Gasteiger partial charge in [-0.3, -0.25) is 4.98 Å². The summed E-state index contributed by atoms with van der Waals surface area (Å²) in [6.07, 6.45) is 2.84. The van der Waals surface area contributed by atoms with Gasteiger partial charge in [0.05, 0.1) is 12.7 Å². The smallest absolute Gasteiger partial charge is 0.282 e. The Morgan fingerprint density at radius 3 is 3.00 bits per heavy atom. The van der Waals surface area contributed by atoms with Crippen LogP contribution in [0.15, 0.2) is 29.6 Å². The van der Waals surface area contributed by atoms with Crippen LogP contribution in [-0.4, -0.2) is 24.7 Å². The van der Waals surface area contributed by atoms with Gasteiger partial charge in [-0.15, -0.1) is 0 Å². The third-order valence-electron chi connectivity index (χ3n) is 2.11. The van der Waals surface area contributed by atoms with Crippen LogP contribution in [0.3, 0.4) is 0 Å². The van der Waals surface area contributed by atoms with Crippen molar-refractivity contribution in [3.8, 4) is 5.88 Å². The first-order valence-corrected chi connectivity index (χ1v) is 5.20. The van der Waals surface area contributed by atoms with Crippen molar-refractivity contribution in [3.63, 3.8) is 0 Å². The summed E-state index contributed by atoms with van der Waals surface area (Å²) in [4.78, 5) is 16.6. The van der Waals surface area contributed by atoms with E-state index in [9.17, 15) is 15.2 Å². The summed E-state index contributed by atoms with van der Waals surface area (Å²) in [7, 11) is 0. The van der Waals surface area contributed by atoms with Gasteiger partial charge in [-0.1, -0.05) is 17.7 Å². The number of rotatable bonds is 3. The molecule has 18 heavy (non-hydrogen) atoms. The Morgan fingerprint density at radius 2 is 2.39 bits per heavy atom. The summed E-state index contributed by atoms with van der Waals surface area (Å²) in [5.41, 5.74) is 0.704. The van der Waals surface area contributed by atoms with Gasteiger partial charge < -0.3 is 9.67 Å². The topological polar surface area (TPSA) is 109 Å². The third kappa shape index (κ3) is 2.86. The standard InChI is InChI=1S/C9H8ClN5O3/c10-7-2-1-6(3-11-7)4-14-5-8(16)12-9(14)13-15(17)18/h1-3,5,16H,4H2,(H,12,13). The fourth-order valence-corrected chi connectivity index (χ4v) is 1.52. The van der Waals surface area contributed by atoms with Crippen molar-refractivity contribution in [3.05, 3.63) is 51.0 Å². The van der Waals surface area contributed by atoms with Crippen molar-refractivity contribution in [2.45, 2.75) is 6.54 Å². The summed E-state index contributed by atoms with van der Waals surface area (Å²) in [6.45, 7) is 0.272. The molecule has 0 aliphatic heterocycles. The van der Waals surface area contributed by atoms with E-state index >= 15 is 0 Å². The van der Waals surface area contributed by atoms with Crippen molar-refractivity contribution < 1.29 is 10.1 Å². The van der Waals surface area contributed by atoms with Gasteiger partial charge >= 0.3 is 0 Å². The number of nitrogens with one attached hydrogen (secondary N) is 1. The minimum Gasteiger partial charge on any atom is -0.493 e. The van der Waals surface area contributed by atoms with Gasteiger partial charge in [-0.05, 0) is 11.6 Å². The second-order valence-corrected chi connectivity index (χ2v) is 3.81. The summed E-state index contributed by atoms with van der Waals surface area (Å²) in [5.74, 6) is -0.211. The van der Waals surface area contributed by atoms with Crippen molar-refractivity contribution in [1.82, 2.24) is 14.5 Å². The van der Waals surface area contributed by atoms with Crippen LogP contribution < -0.4 is 5.62 Å². The van der Waals surface area contributed by atoms with E-state index in [1.807, 2.05) is 0 Å². The molecular formula is C9H8ClN5O3. The van der Waals surface area contributed by atoms with Crippen LogP contribution in [0.5, 0.6) is 5.88 Å². The van der Waals surface area contributed by atoms with E-state index in [1.165, 1.54) is 17.0 Å². The molecular weight excluding hydrogens is 262 g/mol. The molecule has 0 amide bonds. The number of aromatic amines is 1. The van der Waals surface area contributed by atoms with Gasteiger partial charge in [0, 0.05) is 6.20 Å². The molecule has 2 aromatic heterocycles. The van der Waals surface area contributed by atoms with Crippen LogP contribution in [0, 0.1) is 10.1 Å². The maximum atomic E-state index is 10.3. The molecule has 0 aliphatic carbocycles. The second-order valence-electron chi connectivity index (χ2n) is 3.42. The quantitative estimate of drug-likeness (QED) is 0.486. The number of imidazole rings is 1. The van der Waals surface area contributed by atoms with Crippen molar-refractivity contribution >= 4 is 11.6 Å². The monoisotopic (exact) mass is 269 g/mol. The zero-order chi connectivity index (χ0) is 13.1. The zero-order valence-corrected chi connectivity index (χ0v) is 9.70. The molecule has 2 aromatic rings. The molecule has 8 nitrogen and oxygen atoms in total. The van der Waals surface area contributed by atoms with Crippen molar-refractivity contribution in [2.75, 3.05) is 0 Å². The average Bonchev–Trinajstić information content (AvgIpc) is 2.61. The summed E-state index contributed by atoms with van der Waals surface area (Å²) in [5, 5.41) is 22.2. The van der Waals surface area contributed by atoms with Crippen LogP contribution >= 0.6 is 11.6 Å². The predicted octanol–water partition coefficient (Wildman–Crippen LogP) is 0.711. The van der Waals surface area contributed by atoms with Crippen LogP contribution in [0.25, 0.3) is 0 Å². The summed E-state index contributed by atoms with van der Waals surface area (Å²) < 4.78 is 1.39. The average molecular weight is 270 g/mol. The van der Waals surface area contributed by atoms with Crippen molar-refractivity contribution in [2.24, 2.45) is 5.10 Å². The highest BCUT2D eigenvalue weighted by Gasteiger charge is 2.05. The number of halogens is 1. The highest BCUT2D eigenvalue weighted by Crippen LogP contribution is 2.07. The first-order chi connectivity index (χ1) is 8.54. The number of nitro groups is 1. The molecule has 2 N–H and O–H groups in total. The number of pyridine rings is 1. The lowest BCUT2D eigenvalue weighted by atomic mass is 10.3. The molecule has 0 aliphatic rings. The minimum absolute atomic E-state index is 0.0625. The molecule has 0 aromatic carbocycles. The van der Waals surface area contributed by atoms with Gasteiger partial charge in [0.15, 0.2) is 5.03 Å². The van der Waals surface area contributed by atoms with Gasteiger partial charge in [-0.25, -0.2) is 15.1 Å². The fraction of sp³-hybridized carbons (Fsp3) is 0.111. The second kappa shape index (κ2) is 4.88. The first-order valence-electron chi connectivity index (χ1n) is 4.82. The Hall–Kier alpha value is -2.35. The molecule has 0 spiro atoms. The van der Waals surface area contributed by atoms with E-state index in [2.05, 4.69) is 15.1 Å². The fourth-order valence-electron chi connectivity index (χ4n) is 1.40. The molecule has 0 bridgehead atoms. The van der Waals surface area contributed by atoms with Crippen LogP contribution in [0.1, 0.15) is 5.56 Å². The first kappa shape index (κ1) is 12.1. The lowest BCUT2D eigenvalue weighted by Crippen LogP contribution is -2.20. The van der Waals surface area contributed by atoms with Crippen molar-refractivity contribution in [1.29, 1.82) is 0 Å². The normalized spacial score (nSPS) is 11.7. The SMILES string of the molecule is O=[N+]([O-])/N=c1/[nH]c(O)cn1Cc1ccc(Cl)nc1. The zero-order valence-electron chi connectivity index (χ0n) is 8.95. The maximum Gasteiger partial charge on any atom is 0.282 e. The van der Waals surface area contributed by atoms with E-state index < -0.39 is 5.03 Å². The Kier molecular flexibility index (Phi) is 3.28. The van der Waals surface area contributed by atoms with Gasteiger partial charge in [0.1, 0.15) is 10.3 Å².